The number of nitrogens with zero attached hydrogens (tertiary/aromatic N) is 3. The highest BCUT2D eigenvalue weighted by molar-refractivity contribution is 6.13. The molecule has 0 aliphatic carbocycles. The molecule has 0 bridgehead atoms. The van der Waals surface area contributed by atoms with Crippen LogP contribution >= 0.6 is 0 Å². The first-order chi connectivity index (χ1) is 9.52. The van der Waals surface area contributed by atoms with Crippen molar-refractivity contribution in [3.05, 3.63) is 47.2 Å². The average molecular weight is 267 g/mol. The van der Waals surface area contributed by atoms with Crippen molar-refractivity contribution in [1.29, 1.82) is 0 Å². The number of hydrogen-bond donors (Lipinski definition) is 0. The quantitative estimate of drug-likeness (QED) is 0.736. The Labute approximate surface area is 118 Å². The highest BCUT2D eigenvalue weighted by atomic mass is 16.2. The molecule has 0 atom stereocenters. The molecule has 1 aromatic heterocycles. The summed E-state index contributed by atoms with van der Waals surface area (Å²) >= 11 is 0. The zero-order valence-corrected chi connectivity index (χ0v) is 12.1. The number of carbonyl (C=O) groups excluding carboxylic acids is 1. The van der Waals surface area contributed by atoms with E-state index in [2.05, 4.69) is 24.9 Å². The van der Waals surface area contributed by atoms with Crippen LogP contribution in [-0.4, -0.2) is 25.0 Å². The summed E-state index contributed by atoms with van der Waals surface area (Å²) in [5, 5.41) is 0. The van der Waals surface area contributed by atoms with Crippen LogP contribution in [0.15, 0.2) is 30.5 Å². The van der Waals surface area contributed by atoms with Gasteiger partial charge in [-0.25, -0.2) is 4.98 Å². The van der Waals surface area contributed by atoms with Gasteiger partial charge in [0.15, 0.2) is 0 Å². The first-order valence-corrected chi connectivity index (χ1v) is 6.59. The maximum atomic E-state index is 12.7. The number of benzene rings is 1. The van der Waals surface area contributed by atoms with Crippen LogP contribution in [0.25, 0.3) is 0 Å². The van der Waals surface area contributed by atoms with E-state index >= 15 is 0 Å². The second kappa shape index (κ2) is 4.34. The van der Waals surface area contributed by atoms with Gasteiger partial charge in [-0.1, -0.05) is 6.07 Å². The minimum Gasteiger partial charge on any atom is -0.327 e. The van der Waals surface area contributed by atoms with Crippen molar-refractivity contribution in [2.24, 2.45) is 0 Å². The number of anilines is 3. The molecule has 4 heteroatoms. The van der Waals surface area contributed by atoms with Crippen molar-refractivity contribution in [2.45, 2.75) is 13.8 Å². The number of hydrogen-bond acceptors (Lipinski definition) is 3. The fourth-order valence-electron chi connectivity index (χ4n) is 2.71. The average Bonchev–Trinajstić information content (AvgIpc) is 2.54. The van der Waals surface area contributed by atoms with Crippen LogP contribution in [-0.2, 0) is 0 Å². The monoisotopic (exact) mass is 267 g/mol. The van der Waals surface area contributed by atoms with Crippen molar-refractivity contribution in [3.63, 3.8) is 0 Å². The third-order valence-electron chi connectivity index (χ3n) is 4.02. The largest absolute Gasteiger partial charge is 0.327 e. The number of aromatic nitrogens is 1. The fourth-order valence-corrected chi connectivity index (χ4v) is 2.71. The molecule has 0 spiro atoms. The van der Waals surface area contributed by atoms with Crippen LogP contribution in [0.2, 0.25) is 0 Å². The number of rotatable bonds is 0. The first-order valence-electron chi connectivity index (χ1n) is 6.59. The Balaban J connectivity index is 2.35. The Morgan fingerprint density at radius 2 is 1.80 bits per heavy atom. The second-order valence-electron chi connectivity index (χ2n) is 5.17. The summed E-state index contributed by atoms with van der Waals surface area (Å²) in [4.78, 5) is 20.8. The lowest BCUT2D eigenvalue weighted by molar-refractivity contribution is 0.0994. The lowest BCUT2D eigenvalue weighted by atomic mass is 10.1. The predicted molar refractivity (Wildman–Crippen MR) is 80.9 cm³/mol. The number of pyridine rings is 1. The summed E-state index contributed by atoms with van der Waals surface area (Å²) in [5.41, 5.74) is 4.89. The zero-order valence-electron chi connectivity index (χ0n) is 12.1. The molecule has 1 aliphatic heterocycles. The Morgan fingerprint density at radius 1 is 1.05 bits per heavy atom. The summed E-state index contributed by atoms with van der Waals surface area (Å²) in [6.07, 6.45) is 1.72. The molecule has 2 heterocycles. The van der Waals surface area contributed by atoms with Gasteiger partial charge in [-0.05, 0) is 43.2 Å². The van der Waals surface area contributed by atoms with Gasteiger partial charge in [-0.15, -0.1) is 0 Å². The van der Waals surface area contributed by atoms with Gasteiger partial charge in [0.1, 0.15) is 5.82 Å². The van der Waals surface area contributed by atoms with E-state index in [4.69, 9.17) is 0 Å². The standard InChI is InChI=1S/C16H17N3O/c1-10-7-8-13-14(11(10)2)19(4)16(20)12-6-5-9-17-15(12)18(13)3/h5-9H,1-4H3. The van der Waals surface area contributed by atoms with Gasteiger partial charge < -0.3 is 9.80 Å². The van der Waals surface area contributed by atoms with Gasteiger partial charge in [0.05, 0.1) is 16.9 Å². The van der Waals surface area contributed by atoms with Crippen LogP contribution in [0, 0.1) is 13.8 Å². The second-order valence-corrected chi connectivity index (χ2v) is 5.17. The van der Waals surface area contributed by atoms with Crippen LogP contribution in [0.4, 0.5) is 17.2 Å². The Kier molecular flexibility index (Phi) is 2.74. The zero-order chi connectivity index (χ0) is 14.4. The summed E-state index contributed by atoms with van der Waals surface area (Å²) < 4.78 is 0. The smallest absolute Gasteiger partial charge is 0.261 e. The van der Waals surface area contributed by atoms with E-state index in [9.17, 15) is 4.79 Å². The van der Waals surface area contributed by atoms with Crippen LogP contribution in [0.3, 0.4) is 0 Å². The lowest BCUT2D eigenvalue weighted by Crippen LogP contribution is -2.26. The molecular formula is C16H17N3O. The summed E-state index contributed by atoms with van der Waals surface area (Å²) in [6.45, 7) is 4.11. The number of fused-ring (bicyclic) bond motifs is 2. The molecule has 4 nitrogen and oxygen atoms in total. The van der Waals surface area contributed by atoms with Crippen LogP contribution in [0.5, 0.6) is 0 Å². The molecule has 1 amide bonds. The summed E-state index contributed by atoms with van der Waals surface area (Å²) in [7, 11) is 3.77. The van der Waals surface area contributed by atoms with Gasteiger partial charge in [0, 0.05) is 20.3 Å². The molecule has 0 fully saturated rings. The Morgan fingerprint density at radius 3 is 2.55 bits per heavy atom. The van der Waals surface area contributed by atoms with Gasteiger partial charge in [0.25, 0.3) is 5.91 Å². The minimum absolute atomic E-state index is 0.0209. The first kappa shape index (κ1) is 12.7. The van der Waals surface area contributed by atoms with Gasteiger partial charge in [0.2, 0.25) is 0 Å². The highest BCUT2D eigenvalue weighted by Gasteiger charge is 2.29. The molecular weight excluding hydrogens is 250 g/mol. The van der Waals surface area contributed by atoms with Crippen molar-refractivity contribution in [3.8, 4) is 0 Å². The predicted octanol–water partition coefficient (Wildman–Crippen LogP) is 3.06. The van der Waals surface area contributed by atoms with E-state index in [0.717, 1.165) is 16.9 Å². The maximum absolute atomic E-state index is 12.7. The number of amides is 1. The SMILES string of the molecule is Cc1ccc2c(c1C)N(C)C(=O)c1cccnc1N2C. The lowest BCUT2D eigenvalue weighted by Gasteiger charge is -2.24. The van der Waals surface area contributed by atoms with Gasteiger partial charge in [-0.3, -0.25) is 4.79 Å². The normalized spacial score (nSPS) is 13.9. The molecule has 0 N–H and O–H groups in total. The Hall–Kier alpha value is -2.36. The number of carbonyl (C=O) groups is 1. The molecule has 0 saturated carbocycles. The van der Waals surface area contributed by atoms with Crippen molar-refractivity contribution < 1.29 is 4.79 Å². The minimum atomic E-state index is -0.0209. The summed E-state index contributed by atoms with van der Waals surface area (Å²) in [6, 6.07) is 7.75. The van der Waals surface area contributed by atoms with Gasteiger partial charge in [-0.2, -0.15) is 0 Å². The van der Waals surface area contributed by atoms with Crippen molar-refractivity contribution in [1.82, 2.24) is 4.98 Å². The summed E-state index contributed by atoms with van der Waals surface area (Å²) in [5.74, 6) is 0.679. The Bertz CT molecular complexity index is 709. The molecule has 20 heavy (non-hydrogen) atoms. The van der Waals surface area contributed by atoms with E-state index in [1.165, 1.54) is 5.56 Å². The molecule has 2 aromatic rings. The van der Waals surface area contributed by atoms with E-state index in [-0.39, 0.29) is 5.91 Å². The van der Waals surface area contributed by atoms with Crippen LogP contribution in [0.1, 0.15) is 21.5 Å². The molecule has 1 aliphatic rings. The van der Waals surface area contributed by atoms with Crippen molar-refractivity contribution >= 4 is 23.1 Å². The molecule has 0 saturated heterocycles. The van der Waals surface area contributed by atoms with Crippen molar-refractivity contribution in [2.75, 3.05) is 23.9 Å². The fraction of sp³-hybridized carbons (Fsp3) is 0.250. The third kappa shape index (κ3) is 1.61. The molecule has 1 aromatic carbocycles. The van der Waals surface area contributed by atoms with E-state index in [1.807, 2.05) is 31.1 Å². The molecule has 0 unspecified atom stereocenters. The molecule has 3 rings (SSSR count). The molecule has 0 radical (unpaired) electrons. The molecule has 102 valence electrons. The highest BCUT2D eigenvalue weighted by Crippen LogP contribution is 2.40. The number of aryl methyl sites for hydroxylation is 1. The van der Waals surface area contributed by atoms with Crippen LogP contribution < -0.4 is 9.80 Å². The van der Waals surface area contributed by atoms with Gasteiger partial charge >= 0.3 is 0 Å². The maximum Gasteiger partial charge on any atom is 0.261 e. The topological polar surface area (TPSA) is 36.4 Å². The third-order valence-corrected chi connectivity index (χ3v) is 4.02. The van der Waals surface area contributed by atoms with E-state index in [1.54, 1.807) is 17.2 Å². The van der Waals surface area contributed by atoms with E-state index in [0.29, 0.717) is 11.4 Å². The van der Waals surface area contributed by atoms with E-state index < -0.39 is 0 Å².